The van der Waals surface area contributed by atoms with E-state index in [0.717, 1.165) is 28.7 Å². The molecule has 40 heavy (non-hydrogen) atoms. The first kappa shape index (κ1) is 28.3. The smallest absolute Gasteiger partial charge is 0.277 e. The van der Waals surface area contributed by atoms with Crippen molar-refractivity contribution in [2.75, 3.05) is 29.0 Å². The van der Waals surface area contributed by atoms with Gasteiger partial charge >= 0.3 is 0 Å². The fraction of sp³-hybridized carbons (Fsp3) is 0.133. The fourth-order valence-corrected chi connectivity index (χ4v) is 8.19. The van der Waals surface area contributed by atoms with Gasteiger partial charge in [0.25, 0.3) is 7.44 Å². The molecule has 1 aliphatic heterocycles. The van der Waals surface area contributed by atoms with Crippen LogP contribution < -0.4 is 9.34 Å². The first-order chi connectivity index (χ1) is 19.4. The average Bonchev–Trinajstić information content (AvgIpc) is 3.34. The zero-order valence-electron chi connectivity index (χ0n) is 21.7. The monoisotopic (exact) mass is 556 g/mol. The summed E-state index contributed by atoms with van der Waals surface area (Å²) in [5.41, 5.74) is 2.44. The number of rotatable bonds is 8. The first-order valence-electron chi connectivity index (χ1n) is 12.7. The van der Waals surface area contributed by atoms with E-state index in [4.69, 9.17) is 0 Å². The Bertz CT molecular complexity index is 1420. The molecule has 1 unspecified atom stereocenters. The maximum atomic E-state index is 14.9. The Morgan fingerprint density at radius 1 is 0.700 bits per heavy atom. The van der Waals surface area contributed by atoms with E-state index in [-0.39, 0.29) is 4.92 Å². The van der Waals surface area contributed by atoms with Gasteiger partial charge in [0, 0.05) is 35.5 Å². The molecule has 0 bridgehead atoms. The number of para-hydroxylation sites is 2. The van der Waals surface area contributed by atoms with Crippen LogP contribution in [0.5, 0.6) is 0 Å². The second-order valence-corrected chi connectivity index (χ2v) is 11.7. The van der Waals surface area contributed by atoms with Crippen LogP contribution in [0.1, 0.15) is 16.8 Å². The van der Waals surface area contributed by atoms with Crippen LogP contribution in [0.25, 0.3) is 6.08 Å². The Morgan fingerprint density at radius 3 is 1.55 bits per heavy atom. The van der Waals surface area contributed by atoms with Crippen molar-refractivity contribution < 1.29 is 14.4 Å². The molecule has 4 aromatic carbocycles. The van der Waals surface area contributed by atoms with Crippen LogP contribution in [-0.4, -0.2) is 29.5 Å². The molecule has 5 rings (SSSR count). The lowest BCUT2D eigenvalue weighted by Crippen LogP contribution is -2.27. The zero-order chi connectivity index (χ0) is 28.4. The number of hydrogen-bond donors (Lipinski definition) is 0. The van der Waals surface area contributed by atoms with E-state index >= 15 is 0 Å². The van der Waals surface area contributed by atoms with Gasteiger partial charge in [0.15, 0.2) is 0 Å². The quantitative estimate of drug-likeness (QED) is 0.129. The topological polar surface area (TPSA) is 110 Å². The molecule has 1 aliphatic rings. The summed E-state index contributed by atoms with van der Waals surface area (Å²) in [6, 6.07) is 37.4. The van der Waals surface area contributed by atoms with Crippen LogP contribution in [0.15, 0.2) is 128 Å². The van der Waals surface area contributed by atoms with Crippen LogP contribution in [0.2, 0.25) is 0 Å². The third-order valence-corrected chi connectivity index (χ3v) is 9.94. The highest BCUT2D eigenvalue weighted by Gasteiger charge is 2.51. The van der Waals surface area contributed by atoms with Crippen molar-refractivity contribution in [1.82, 2.24) is 0 Å². The molecular weight excluding hydrogens is 527 g/mol. The summed E-state index contributed by atoms with van der Waals surface area (Å²) < 4.78 is 18.6. The second kappa shape index (κ2) is 13.4. The molecule has 10 heteroatoms. The second-order valence-electron chi connectivity index (χ2n) is 8.96. The summed E-state index contributed by atoms with van der Waals surface area (Å²) in [6.45, 7) is 0.683. The van der Waals surface area contributed by atoms with Gasteiger partial charge in [-0.05, 0) is 35.4 Å². The predicted octanol–water partition coefficient (Wildman–Crippen LogP) is 7.16. The molecule has 9 nitrogen and oxygen atoms in total. The molecule has 4 aromatic rings. The number of hydrogen-bond acceptors (Lipinski definition) is 5. The average molecular weight is 557 g/mol. The van der Waals surface area contributed by atoms with E-state index in [2.05, 4.69) is 0 Å². The van der Waals surface area contributed by atoms with Crippen molar-refractivity contribution in [3.05, 3.63) is 159 Å². The number of anilines is 2. The number of benzene rings is 4. The Labute approximate surface area is 232 Å². The molecule has 0 radical (unpaired) electrons. The van der Waals surface area contributed by atoms with Gasteiger partial charge in [-0.15, -0.1) is 0 Å². The minimum absolute atomic E-state index is 0.359. The lowest BCUT2D eigenvalue weighted by molar-refractivity contribution is -0.480. The Balaban J connectivity index is 0.000000283. The molecule has 1 saturated heterocycles. The first-order valence-corrected chi connectivity index (χ1v) is 14.4. The number of nitrogens with zero attached hydrogens (tertiary/aromatic N) is 4. The normalized spacial score (nSPS) is 14.8. The lowest BCUT2D eigenvalue weighted by Gasteiger charge is -2.36. The predicted molar refractivity (Wildman–Crippen MR) is 159 cm³/mol. The van der Waals surface area contributed by atoms with Gasteiger partial charge in [-0.25, -0.2) is 0 Å². The molecule has 0 aliphatic carbocycles. The van der Waals surface area contributed by atoms with E-state index in [9.17, 15) is 24.8 Å². The summed E-state index contributed by atoms with van der Waals surface area (Å²) in [4.78, 5) is 20.7. The van der Waals surface area contributed by atoms with Gasteiger partial charge in [-0.3, -0.25) is 24.8 Å². The van der Waals surface area contributed by atoms with Gasteiger partial charge in [-0.2, -0.15) is 0 Å². The molecule has 204 valence electrons. The van der Waals surface area contributed by atoms with Gasteiger partial charge < -0.3 is 9.34 Å². The highest BCUT2D eigenvalue weighted by Crippen LogP contribution is 2.68. The molecule has 0 saturated carbocycles. The molecule has 0 N–H and O–H groups in total. The lowest BCUT2D eigenvalue weighted by atomic mass is 10.1. The van der Waals surface area contributed by atoms with E-state index in [1.165, 1.54) is 6.08 Å². The van der Waals surface area contributed by atoms with E-state index in [0.29, 0.717) is 13.1 Å². The van der Waals surface area contributed by atoms with Crippen molar-refractivity contribution in [3.63, 3.8) is 0 Å². The third-order valence-electron chi connectivity index (χ3n) is 6.42. The minimum Gasteiger partial charge on any atom is -0.304 e. The van der Waals surface area contributed by atoms with E-state index in [1.807, 2.05) is 119 Å². The third kappa shape index (κ3) is 6.81. The van der Waals surface area contributed by atoms with Crippen molar-refractivity contribution in [1.29, 1.82) is 0 Å². The highest BCUT2D eigenvalue weighted by atomic mass is 31.2. The van der Waals surface area contributed by atoms with Gasteiger partial charge in [0.1, 0.15) is 5.66 Å². The molecule has 1 fully saturated rings. The molecule has 1 atom stereocenters. The maximum absolute atomic E-state index is 14.9. The van der Waals surface area contributed by atoms with Crippen LogP contribution in [0, 0.1) is 20.2 Å². The SMILES string of the molecule is O=[N+]([O-])/C=C/c1ccccc1.O=[N+]([O-])CC(c1ccccc1)P1(=O)N(c2ccccc2)CCN1c1ccccc1. The Morgan fingerprint density at radius 2 is 1.12 bits per heavy atom. The Hall–Kier alpha value is -4.75. The van der Waals surface area contributed by atoms with Crippen molar-refractivity contribution >= 4 is 24.9 Å². The van der Waals surface area contributed by atoms with Gasteiger partial charge in [0.05, 0.1) is 4.92 Å². The van der Waals surface area contributed by atoms with Crippen molar-refractivity contribution in [3.8, 4) is 0 Å². The van der Waals surface area contributed by atoms with Gasteiger partial charge in [0.2, 0.25) is 12.7 Å². The summed E-state index contributed by atoms with van der Waals surface area (Å²) in [7, 11) is -3.40. The highest BCUT2D eigenvalue weighted by molar-refractivity contribution is 7.68. The molecular formula is C30H29N4O5P. The molecule has 0 aromatic heterocycles. The van der Waals surface area contributed by atoms with Crippen molar-refractivity contribution in [2.24, 2.45) is 0 Å². The fourth-order valence-electron chi connectivity index (χ4n) is 4.67. The molecule has 0 spiro atoms. The van der Waals surface area contributed by atoms with Crippen LogP contribution in [0.3, 0.4) is 0 Å². The van der Waals surface area contributed by atoms with Crippen LogP contribution in [0.4, 0.5) is 11.4 Å². The summed E-state index contributed by atoms with van der Waals surface area (Å²) >= 11 is 0. The van der Waals surface area contributed by atoms with Crippen LogP contribution in [-0.2, 0) is 4.57 Å². The molecule has 0 amide bonds. The molecule has 1 heterocycles. The van der Waals surface area contributed by atoms with Gasteiger partial charge in [-0.1, -0.05) is 97.1 Å². The van der Waals surface area contributed by atoms with E-state index < -0.39 is 24.6 Å². The minimum atomic E-state index is -3.40. The largest absolute Gasteiger partial charge is 0.304 e. The summed E-state index contributed by atoms with van der Waals surface area (Å²) in [5, 5.41) is 21.5. The standard InChI is InChI=1S/C22H22N3O3P.C8H7NO2/c26-25(27)18-22(19-10-4-1-5-11-19)29(28)23(20-12-6-2-7-13-20)16-17-24(29)21-14-8-3-9-15-21;10-9(11)7-6-8-4-2-1-3-5-8/h1-15,22H,16-18H2;1-7H/b;7-6+. The zero-order valence-corrected chi connectivity index (χ0v) is 22.6. The van der Waals surface area contributed by atoms with Crippen molar-refractivity contribution in [2.45, 2.75) is 5.66 Å². The Kier molecular flexibility index (Phi) is 9.44. The van der Waals surface area contributed by atoms with Crippen LogP contribution >= 0.6 is 7.44 Å². The number of nitro groups is 2. The summed E-state index contributed by atoms with van der Waals surface area (Å²) in [5.74, 6) is 0. The van der Waals surface area contributed by atoms with E-state index in [1.54, 1.807) is 12.1 Å². The summed E-state index contributed by atoms with van der Waals surface area (Å²) in [6.07, 6.45) is 2.38. The maximum Gasteiger partial charge on any atom is 0.277 e.